The zero-order valence-corrected chi connectivity index (χ0v) is 25.7. The number of halogens is 3. The highest BCUT2D eigenvalue weighted by Crippen LogP contribution is 2.42. The minimum atomic E-state index is -0.278. The zero-order valence-electron chi connectivity index (χ0n) is 24.1. The van der Waals surface area contributed by atoms with E-state index < -0.39 is 0 Å². The fraction of sp³-hybridized carbons (Fsp3) is 0.400. The molecule has 1 heterocycles. The van der Waals surface area contributed by atoms with Crippen molar-refractivity contribution in [3.63, 3.8) is 0 Å². The first-order chi connectivity index (χ1) is 20.4. The number of ketones is 1. The van der Waals surface area contributed by atoms with Gasteiger partial charge in [-0.05, 0) is 95.3 Å². The molecule has 3 aromatic rings. The molecule has 0 N–H and O–H groups in total. The van der Waals surface area contributed by atoms with Crippen LogP contribution in [0.25, 0.3) is 11.1 Å². The lowest BCUT2D eigenvalue weighted by molar-refractivity contribution is -0.119. The number of fused-ring (bicyclic) bond motifs is 1. The summed E-state index contributed by atoms with van der Waals surface area (Å²) in [7, 11) is 1.62. The first kappa shape index (κ1) is 30.7. The lowest BCUT2D eigenvalue weighted by Crippen LogP contribution is -2.26. The molecule has 1 saturated heterocycles. The Balaban J connectivity index is 1.47. The van der Waals surface area contributed by atoms with Crippen LogP contribution in [0.3, 0.4) is 0 Å². The summed E-state index contributed by atoms with van der Waals surface area (Å²) in [6.45, 7) is 2.72. The van der Waals surface area contributed by atoms with E-state index in [4.69, 9.17) is 32.7 Å². The molecule has 1 aliphatic heterocycles. The van der Waals surface area contributed by atoms with E-state index in [9.17, 15) is 9.18 Å². The van der Waals surface area contributed by atoms with E-state index in [1.54, 1.807) is 13.2 Å². The highest BCUT2D eigenvalue weighted by atomic mass is 35.5. The third kappa shape index (κ3) is 7.62. The quantitative estimate of drug-likeness (QED) is 0.207. The van der Waals surface area contributed by atoms with Gasteiger partial charge < -0.3 is 9.47 Å². The second-order valence-electron chi connectivity index (χ2n) is 11.2. The zero-order chi connectivity index (χ0) is 29.5. The third-order valence-electron chi connectivity index (χ3n) is 8.14. The van der Waals surface area contributed by atoms with Crippen LogP contribution >= 0.6 is 23.2 Å². The summed E-state index contributed by atoms with van der Waals surface area (Å²) in [5, 5.41) is 1.25. The molecule has 0 amide bonds. The molecule has 42 heavy (non-hydrogen) atoms. The Morgan fingerprint density at radius 3 is 2.60 bits per heavy atom. The van der Waals surface area contributed by atoms with Crippen LogP contribution in [0.1, 0.15) is 59.9 Å². The van der Waals surface area contributed by atoms with Gasteiger partial charge in [-0.25, -0.2) is 0 Å². The maximum Gasteiger partial charge on any atom is 0.139 e. The second kappa shape index (κ2) is 14.7. The van der Waals surface area contributed by atoms with Crippen molar-refractivity contribution in [3.8, 4) is 5.75 Å². The van der Waals surface area contributed by atoms with Crippen LogP contribution in [0.15, 0.2) is 60.7 Å². The maximum absolute atomic E-state index is 12.6. The van der Waals surface area contributed by atoms with E-state index in [-0.39, 0.29) is 18.6 Å². The molecule has 1 fully saturated rings. The van der Waals surface area contributed by atoms with Gasteiger partial charge in [0.1, 0.15) is 17.6 Å². The normalized spacial score (nSPS) is 17.3. The minimum absolute atomic E-state index is 0.113. The lowest BCUT2D eigenvalue weighted by Gasteiger charge is -2.19. The van der Waals surface area contributed by atoms with Gasteiger partial charge in [-0.3, -0.25) is 14.1 Å². The highest BCUT2D eigenvalue weighted by molar-refractivity contribution is 6.36. The summed E-state index contributed by atoms with van der Waals surface area (Å²) in [6.07, 6.45) is 5.20. The fourth-order valence-electron chi connectivity index (χ4n) is 6.09. The maximum atomic E-state index is 12.6. The van der Waals surface area contributed by atoms with Crippen LogP contribution in [-0.4, -0.2) is 56.8 Å². The molecule has 1 atom stereocenters. The first-order valence-electron chi connectivity index (χ1n) is 14.8. The van der Waals surface area contributed by atoms with Crippen LogP contribution in [0.5, 0.6) is 5.75 Å². The molecule has 0 aromatic heterocycles. The molecular weight excluding hydrogens is 572 g/mol. The summed E-state index contributed by atoms with van der Waals surface area (Å²) in [5.41, 5.74) is 7.84. The van der Waals surface area contributed by atoms with Crippen molar-refractivity contribution in [2.24, 2.45) is 0 Å². The number of alkyl halides is 1. The molecule has 0 saturated carbocycles. The Labute approximate surface area is 258 Å². The average molecular weight is 611 g/mol. The Hall–Kier alpha value is -2.70. The van der Waals surface area contributed by atoms with Crippen LogP contribution in [0.4, 0.5) is 4.39 Å². The lowest BCUT2D eigenvalue weighted by atomic mass is 9.87. The van der Waals surface area contributed by atoms with Crippen LogP contribution in [-0.2, 0) is 22.4 Å². The summed E-state index contributed by atoms with van der Waals surface area (Å²) < 4.78 is 24.0. The van der Waals surface area contributed by atoms with Gasteiger partial charge in [-0.1, -0.05) is 59.6 Å². The van der Waals surface area contributed by atoms with Gasteiger partial charge in [0.25, 0.3) is 0 Å². The molecule has 3 aromatic carbocycles. The Kier molecular flexibility index (Phi) is 10.7. The topological polar surface area (TPSA) is 38.8 Å². The Bertz CT molecular complexity index is 1420. The van der Waals surface area contributed by atoms with Gasteiger partial charge in [0.05, 0.1) is 13.3 Å². The number of benzene rings is 3. The Morgan fingerprint density at radius 1 is 1.02 bits per heavy atom. The van der Waals surface area contributed by atoms with Crippen LogP contribution < -0.4 is 4.74 Å². The number of carbonyl (C=O) groups excluding carboxylic acids is 1. The number of ether oxygens (including phenoxy) is 2. The summed E-state index contributed by atoms with van der Waals surface area (Å²) in [4.78, 5) is 14.7. The summed E-state index contributed by atoms with van der Waals surface area (Å²) in [6, 6.07) is 20.5. The third-order valence-corrected chi connectivity index (χ3v) is 8.69. The van der Waals surface area contributed by atoms with Gasteiger partial charge in [-0.2, -0.15) is 0 Å². The van der Waals surface area contributed by atoms with Gasteiger partial charge in [0.2, 0.25) is 0 Å². The Morgan fingerprint density at radius 2 is 1.83 bits per heavy atom. The van der Waals surface area contributed by atoms with E-state index in [0.717, 1.165) is 78.9 Å². The molecule has 0 unspecified atom stereocenters. The van der Waals surface area contributed by atoms with Gasteiger partial charge in [0.15, 0.2) is 0 Å². The van der Waals surface area contributed by atoms with Crippen molar-refractivity contribution < 1.29 is 18.7 Å². The molecule has 4 nitrogen and oxygen atoms in total. The summed E-state index contributed by atoms with van der Waals surface area (Å²) in [5.74, 6) is 1.01. The van der Waals surface area contributed by atoms with Crippen molar-refractivity contribution in [2.45, 2.75) is 51.0 Å². The molecular formula is C35H38Cl2FNO3. The number of hydrogen-bond acceptors (Lipinski definition) is 4. The van der Waals surface area contributed by atoms with Crippen molar-refractivity contribution in [1.29, 1.82) is 0 Å². The molecule has 2 aliphatic rings. The molecule has 0 radical (unpaired) electrons. The number of Topliss-reactive ketones (excluding diaryl/α,β-unsaturated/α-hetero) is 1. The van der Waals surface area contributed by atoms with E-state index in [1.807, 2.05) is 24.3 Å². The SMILES string of the molecule is COCCC(=O)Cc1ccc2c(c1)CCCC(c1ccc(Cl)cc1Cl)=C2c1ccc(O[C@H]2CCN(CCCF)C2)cc1. The number of carbonyl (C=O) groups is 1. The van der Waals surface area contributed by atoms with E-state index >= 15 is 0 Å². The molecule has 0 bridgehead atoms. The number of methoxy groups -OCH3 is 1. The number of aryl methyl sites for hydroxylation is 1. The van der Waals surface area contributed by atoms with Crippen molar-refractivity contribution >= 4 is 40.1 Å². The van der Waals surface area contributed by atoms with Gasteiger partial charge in [0, 0.05) is 49.6 Å². The first-order valence-corrected chi connectivity index (χ1v) is 15.6. The van der Waals surface area contributed by atoms with E-state index in [2.05, 4.69) is 35.2 Å². The molecule has 7 heteroatoms. The smallest absolute Gasteiger partial charge is 0.139 e. The van der Waals surface area contributed by atoms with Crippen molar-refractivity contribution in [1.82, 2.24) is 4.90 Å². The van der Waals surface area contributed by atoms with E-state index in [0.29, 0.717) is 35.9 Å². The van der Waals surface area contributed by atoms with Gasteiger partial charge >= 0.3 is 0 Å². The largest absolute Gasteiger partial charge is 0.489 e. The van der Waals surface area contributed by atoms with Crippen LogP contribution in [0, 0.1) is 0 Å². The average Bonchev–Trinajstić information content (AvgIpc) is 3.34. The number of likely N-dealkylation sites (tertiary alicyclic amines) is 1. The van der Waals surface area contributed by atoms with Gasteiger partial charge in [-0.15, -0.1) is 0 Å². The predicted octanol–water partition coefficient (Wildman–Crippen LogP) is 8.25. The second-order valence-corrected chi connectivity index (χ2v) is 12.0. The van der Waals surface area contributed by atoms with Crippen LogP contribution in [0.2, 0.25) is 10.0 Å². The number of hydrogen-bond donors (Lipinski definition) is 0. The fourth-order valence-corrected chi connectivity index (χ4v) is 6.61. The number of allylic oxidation sites excluding steroid dienone is 1. The van der Waals surface area contributed by atoms with Crippen molar-refractivity contribution in [3.05, 3.63) is 98.5 Å². The van der Waals surface area contributed by atoms with Crippen molar-refractivity contribution in [2.75, 3.05) is 40.0 Å². The molecule has 222 valence electrons. The number of nitrogens with zero attached hydrogens (tertiary/aromatic N) is 1. The van der Waals surface area contributed by atoms with E-state index in [1.165, 1.54) is 11.1 Å². The monoisotopic (exact) mass is 609 g/mol. The predicted molar refractivity (Wildman–Crippen MR) is 169 cm³/mol. The number of rotatable bonds is 12. The molecule has 1 aliphatic carbocycles. The minimum Gasteiger partial charge on any atom is -0.489 e. The summed E-state index contributed by atoms with van der Waals surface area (Å²) >= 11 is 13.0. The highest BCUT2D eigenvalue weighted by Gasteiger charge is 2.25. The molecule has 5 rings (SSSR count). The molecule has 0 spiro atoms. The standard InChI is InChI=1S/C35H38Cl2FNO3/c1-41-19-15-28(40)21-24-6-12-31-26(20-24)4-2-5-33(32-13-9-27(36)22-34(32)37)35(31)25-7-10-29(11-8-25)42-30-14-18-39(23-30)17-3-16-38/h6-13,20,22,30H,2-5,14-19,21,23H2,1H3/t30-/m0/s1.